The first-order valence-corrected chi connectivity index (χ1v) is 50.4. The molecule has 740 valence electrons. The molecule has 0 bridgehead atoms. The van der Waals surface area contributed by atoms with Crippen molar-refractivity contribution in [1.29, 1.82) is 0 Å². The van der Waals surface area contributed by atoms with Crippen LogP contribution in [0.4, 0.5) is 0 Å². The predicted molar refractivity (Wildman–Crippen MR) is 547 cm³/mol. The second kappa shape index (κ2) is 42.5. The number of aromatic nitrogens is 8. The Hall–Kier alpha value is -12.6. The molecule has 0 unspecified atom stereocenters. The minimum atomic E-state index is 0.428. The fourth-order valence-corrected chi connectivity index (χ4v) is 21.6. The molecular weight excluding hydrogens is 1790 g/mol. The maximum atomic E-state index is 6.30. The Balaban J connectivity index is 0.000000112. The quantitative estimate of drug-likeness (QED) is 0.0355. The molecule has 8 saturated heterocycles. The molecule has 28 nitrogen and oxygen atoms in total. The maximum Gasteiger partial charge on any atom is 0.230 e. The molecule has 0 N–H and O–H groups in total. The molecule has 8 fully saturated rings. The van der Waals surface area contributed by atoms with E-state index in [1.807, 2.05) is 84.9 Å². The van der Waals surface area contributed by atoms with Gasteiger partial charge < -0.3 is 95.4 Å². The third kappa shape index (κ3) is 21.8. The highest BCUT2D eigenvalue weighted by molar-refractivity contribution is 5.91. The molecule has 14 heterocycles. The molecule has 12 aliphatic rings. The number of ether oxygens (including phenoxy) is 16. The van der Waals surface area contributed by atoms with Crippen molar-refractivity contribution in [2.75, 3.05) is 186 Å². The van der Waals surface area contributed by atoms with Crippen molar-refractivity contribution in [2.24, 2.45) is 21.7 Å². The van der Waals surface area contributed by atoms with E-state index < -0.39 is 0 Å². The Morgan fingerprint density at radius 1 is 0.296 bits per heavy atom. The molecule has 4 aliphatic carbocycles. The van der Waals surface area contributed by atoms with Crippen molar-refractivity contribution in [3.8, 4) is 92.3 Å². The van der Waals surface area contributed by atoms with Gasteiger partial charge >= 0.3 is 0 Å². The number of piperidine rings is 2. The number of nitrogens with zero attached hydrogens (tertiary/aromatic N) is 12. The first-order valence-electron chi connectivity index (χ1n) is 50.4. The third-order valence-corrected chi connectivity index (χ3v) is 29.9. The topological polar surface area (TPSA) is 264 Å². The molecule has 0 atom stereocenters. The summed E-state index contributed by atoms with van der Waals surface area (Å²) < 4.78 is 93.8. The zero-order valence-electron chi connectivity index (χ0n) is 82.9. The number of hydrogen-bond acceptors (Lipinski definition) is 28. The van der Waals surface area contributed by atoms with Crippen molar-refractivity contribution in [3.05, 3.63) is 214 Å². The molecule has 0 radical (unpaired) electrons. The minimum absolute atomic E-state index is 0.428. The van der Waals surface area contributed by atoms with E-state index in [1.54, 1.807) is 53.2 Å². The summed E-state index contributed by atoms with van der Waals surface area (Å²) in [5.41, 5.74) is 19.8. The van der Waals surface area contributed by atoms with Crippen molar-refractivity contribution >= 4 is 67.9 Å². The number of hydrogen-bond donors (Lipinski definition) is 0. The smallest absolute Gasteiger partial charge is 0.230 e. The Bertz CT molecular complexity index is 6350. The van der Waals surface area contributed by atoms with Gasteiger partial charge in [0, 0.05) is 121 Å². The van der Waals surface area contributed by atoms with Crippen LogP contribution in [0.1, 0.15) is 137 Å². The summed E-state index contributed by atoms with van der Waals surface area (Å²) in [5.74, 6) is 10.8. The average Bonchev–Trinajstić information content (AvgIpc) is 1.25. The Morgan fingerprint density at radius 2 is 0.620 bits per heavy atom. The number of benzene rings is 6. The number of pyridine rings is 4. The van der Waals surface area contributed by atoms with Gasteiger partial charge in [0.2, 0.25) is 11.8 Å². The van der Waals surface area contributed by atoms with E-state index in [-0.39, 0.29) is 0 Å². The molecule has 0 saturated carbocycles. The van der Waals surface area contributed by atoms with Gasteiger partial charge in [0.25, 0.3) is 0 Å². The molecule has 4 spiro atoms. The van der Waals surface area contributed by atoms with Crippen LogP contribution in [0.25, 0.3) is 67.9 Å². The summed E-state index contributed by atoms with van der Waals surface area (Å²) in [6.07, 6.45) is 34.0. The summed E-state index contributed by atoms with van der Waals surface area (Å²) in [4.78, 5) is 46.1. The average molecular weight is 1920 g/mol. The van der Waals surface area contributed by atoms with Gasteiger partial charge in [-0.15, -0.1) is 0 Å². The molecule has 6 aromatic carbocycles. The molecule has 24 rings (SSSR count). The fourth-order valence-electron chi connectivity index (χ4n) is 21.6. The largest absolute Gasteiger partial charge is 0.493 e. The van der Waals surface area contributed by atoms with Gasteiger partial charge in [-0.1, -0.05) is 58.7 Å². The molecule has 28 heteroatoms. The van der Waals surface area contributed by atoms with E-state index in [0.29, 0.717) is 123 Å². The summed E-state index contributed by atoms with van der Waals surface area (Å²) in [7, 11) is 6.63. The second-order valence-electron chi connectivity index (χ2n) is 40.8. The molecule has 12 aromatic rings. The van der Waals surface area contributed by atoms with Crippen LogP contribution in [0.3, 0.4) is 0 Å². The summed E-state index contributed by atoms with van der Waals surface area (Å²) in [6, 6.07) is 35.7. The van der Waals surface area contributed by atoms with Gasteiger partial charge in [0.1, 0.15) is 47.2 Å². The van der Waals surface area contributed by atoms with E-state index in [2.05, 4.69) is 136 Å². The van der Waals surface area contributed by atoms with Crippen molar-refractivity contribution in [3.63, 3.8) is 0 Å². The van der Waals surface area contributed by atoms with E-state index in [0.717, 1.165) is 266 Å². The molecular formula is C114H128N12O16. The van der Waals surface area contributed by atoms with Crippen LogP contribution < -0.4 is 56.8 Å². The minimum Gasteiger partial charge on any atom is -0.493 e. The van der Waals surface area contributed by atoms with Gasteiger partial charge in [0.05, 0.1) is 164 Å². The maximum absolute atomic E-state index is 6.30. The van der Waals surface area contributed by atoms with Gasteiger partial charge in [-0.3, -0.25) is 19.9 Å². The van der Waals surface area contributed by atoms with Gasteiger partial charge in [-0.05, 0) is 250 Å². The van der Waals surface area contributed by atoms with Crippen molar-refractivity contribution < 1.29 is 75.8 Å². The highest BCUT2D eigenvalue weighted by Gasteiger charge is 2.46. The van der Waals surface area contributed by atoms with Crippen LogP contribution >= 0.6 is 0 Å². The summed E-state index contributed by atoms with van der Waals surface area (Å²) >= 11 is 0. The lowest BCUT2D eigenvalue weighted by Crippen LogP contribution is -2.51. The van der Waals surface area contributed by atoms with Gasteiger partial charge in [-0.25, -0.2) is 19.9 Å². The van der Waals surface area contributed by atoms with E-state index in [4.69, 9.17) is 75.8 Å². The zero-order valence-corrected chi connectivity index (χ0v) is 82.9. The number of likely N-dealkylation sites (tertiary alicyclic amines) is 4. The predicted octanol–water partition coefficient (Wildman–Crippen LogP) is 20.3. The van der Waals surface area contributed by atoms with Crippen LogP contribution in [0.5, 0.6) is 92.3 Å². The first kappa shape index (κ1) is 95.5. The fraction of sp³-hybridized carbons (Fsp3) is 0.439. The van der Waals surface area contributed by atoms with Crippen LogP contribution in [0.2, 0.25) is 0 Å². The SMILES string of the molecule is COc1cc2c(Oc3ccc4c(c3)C=C(C)C4)ccnc2cc1OCCCN1CCC2(COC2)C1.COc1cc2c(Oc3ccc4c(c3)C=C(C)C4)ncnc2cc1OCCCN1CCC2(COC2)C1.COc1cc2c(Oc3cnc4c(c3)C=C(C)C4)ccnc2cc1OCCCN1CCC2(CC1)COC2.COc1cc2c(Oc3cnc4c(c3)C=C(C)C4)ncnc2cc1OCCCN1CCC2(CC1)COC2. The number of fused-ring (bicyclic) bond motifs is 8. The molecule has 6 aromatic heterocycles. The van der Waals surface area contributed by atoms with Crippen LogP contribution in [0, 0.1) is 21.7 Å². The van der Waals surface area contributed by atoms with Crippen molar-refractivity contribution in [1.82, 2.24) is 59.5 Å². The lowest BCUT2D eigenvalue weighted by Gasteiger charge is -2.47. The highest BCUT2D eigenvalue weighted by atomic mass is 16.5. The Kier molecular flexibility index (Phi) is 28.6. The van der Waals surface area contributed by atoms with Gasteiger partial charge in [0.15, 0.2) is 46.0 Å². The molecule has 8 aliphatic heterocycles. The van der Waals surface area contributed by atoms with Crippen LogP contribution in [0.15, 0.2) is 169 Å². The summed E-state index contributed by atoms with van der Waals surface area (Å²) in [5, 5.41) is 3.32. The Morgan fingerprint density at radius 3 is 1.00 bits per heavy atom. The lowest BCUT2D eigenvalue weighted by molar-refractivity contribution is -0.139. The monoisotopic (exact) mass is 1920 g/mol. The van der Waals surface area contributed by atoms with Gasteiger partial charge in [-0.2, -0.15) is 0 Å². The summed E-state index contributed by atoms with van der Waals surface area (Å²) in [6.45, 7) is 32.0. The van der Waals surface area contributed by atoms with E-state index >= 15 is 0 Å². The number of rotatable bonds is 32. The zero-order chi connectivity index (χ0) is 96.7. The molecule has 142 heavy (non-hydrogen) atoms. The highest BCUT2D eigenvalue weighted by Crippen LogP contribution is 2.48. The van der Waals surface area contributed by atoms with Crippen LogP contribution in [-0.4, -0.2) is 246 Å². The number of methoxy groups -OCH3 is 4. The lowest BCUT2D eigenvalue weighted by atomic mass is 9.77. The first-order chi connectivity index (χ1) is 69.4. The van der Waals surface area contributed by atoms with E-state index in [1.165, 1.54) is 95.7 Å². The van der Waals surface area contributed by atoms with Crippen molar-refractivity contribution in [2.45, 2.75) is 118 Å². The van der Waals surface area contributed by atoms with Crippen LogP contribution in [-0.2, 0) is 44.6 Å². The standard InChI is InChI=1S/C29H33N3O4.C29H32N2O4.C28H32N4O4.C28H31N3O4/c1-20-12-21-14-22(17-31-24(21)13-20)36-26-4-7-30-25-16-28(27(33-2)15-23(25)26)35-11-3-8-32-9-5-29(6-10-32)18-34-19-29;1-20-12-21-4-5-23(14-22(21)13-20)35-26-6-8-30-25-16-28(27(32-2)15-24(25)26)34-11-3-9-31-10-7-29(17-31)18-33-19-29;1-19-10-20-12-21(15-29-23(20)11-19)36-27-22-13-25(33-2)26(14-24(22)30-18-31-27)35-9-3-6-32-7-4-28(5-8-32)16-34-17-28;1-19-10-20-4-5-22(12-21(20)11-19)35-27-23-13-25(32-2)26(14-24(23)29-18-30-27)34-9-3-7-31-8-6-28(15-31)16-33-17-28/h4,7,12,14-17H,3,5-6,8-11,13,18-19H2,1-2H3;4-6,8,13-16H,3,7,9-12,17-19H2,1-2H3;10,12-15,18H,3-9,11,16-17H2,1-2H3;4-5,11-14,18H,3,6-10,15-17H2,1-2H3. The van der Waals surface area contributed by atoms with E-state index in [9.17, 15) is 0 Å². The number of allylic oxidation sites excluding steroid dienone is 4. The normalized spacial score (nSPS) is 18.5. The molecule has 0 amide bonds. The Labute approximate surface area is 830 Å². The third-order valence-electron chi connectivity index (χ3n) is 29.9. The second-order valence-corrected chi connectivity index (χ2v) is 40.8.